The monoisotopic (exact) mass is 277 g/mol. The van der Waals surface area contributed by atoms with Gasteiger partial charge in [-0.1, -0.05) is 29.8 Å². The Hall–Kier alpha value is -1.87. The number of amides is 1. The highest BCUT2D eigenvalue weighted by Crippen LogP contribution is 2.16. The third-order valence-electron chi connectivity index (χ3n) is 2.67. The van der Waals surface area contributed by atoms with Crippen LogP contribution in [0.25, 0.3) is 0 Å². The van der Waals surface area contributed by atoms with Crippen LogP contribution < -0.4 is 5.32 Å². The predicted octanol–water partition coefficient (Wildman–Crippen LogP) is 3.97. The number of halogens is 2. The Balaban J connectivity index is 2.05. The van der Waals surface area contributed by atoms with Crippen molar-refractivity contribution in [3.05, 3.63) is 64.4 Å². The predicted molar refractivity (Wildman–Crippen MR) is 74.9 cm³/mol. The van der Waals surface area contributed by atoms with Crippen LogP contribution in [0.15, 0.2) is 42.5 Å². The summed E-state index contributed by atoms with van der Waals surface area (Å²) in [4.78, 5) is 11.8. The largest absolute Gasteiger partial charge is 0.326 e. The minimum Gasteiger partial charge on any atom is -0.326 e. The Morgan fingerprint density at radius 1 is 1.26 bits per heavy atom. The normalized spacial score (nSPS) is 10.3. The zero-order valence-corrected chi connectivity index (χ0v) is 11.2. The van der Waals surface area contributed by atoms with Crippen LogP contribution in [0.3, 0.4) is 0 Å². The SMILES string of the molecule is Cc1cccc(NC(=O)Cc2ccc(Cl)cc2F)c1. The van der Waals surface area contributed by atoms with Crippen LogP contribution in [0, 0.1) is 12.7 Å². The number of anilines is 1. The topological polar surface area (TPSA) is 29.1 Å². The van der Waals surface area contributed by atoms with E-state index in [1.54, 1.807) is 12.1 Å². The summed E-state index contributed by atoms with van der Waals surface area (Å²) in [6, 6.07) is 11.7. The van der Waals surface area contributed by atoms with Crippen LogP contribution in [0.4, 0.5) is 10.1 Å². The number of benzene rings is 2. The van der Waals surface area contributed by atoms with Gasteiger partial charge >= 0.3 is 0 Å². The highest BCUT2D eigenvalue weighted by Gasteiger charge is 2.09. The van der Waals surface area contributed by atoms with Gasteiger partial charge in [-0.2, -0.15) is 0 Å². The van der Waals surface area contributed by atoms with Crippen molar-refractivity contribution >= 4 is 23.2 Å². The Labute approximate surface area is 116 Å². The molecule has 0 saturated carbocycles. The maximum absolute atomic E-state index is 13.5. The number of carbonyl (C=O) groups excluding carboxylic acids is 1. The van der Waals surface area contributed by atoms with Crippen molar-refractivity contribution in [2.75, 3.05) is 5.32 Å². The smallest absolute Gasteiger partial charge is 0.228 e. The summed E-state index contributed by atoms with van der Waals surface area (Å²) >= 11 is 5.66. The molecule has 0 radical (unpaired) electrons. The second-order valence-electron chi connectivity index (χ2n) is 4.33. The van der Waals surface area contributed by atoms with Gasteiger partial charge in [0.05, 0.1) is 6.42 Å². The number of rotatable bonds is 3. The molecule has 2 aromatic carbocycles. The summed E-state index contributed by atoms with van der Waals surface area (Å²) in [6.07, 6.45) is -0.0169. The molecule has 0 fully saturated rings. The first-order chi connectivity index (χ1) is 9.04. The molecule has 0 aliphatic heterocycles. The number of hydrogen-bond donors (Lipinski definition) is 1. The van der Waals surface area contributed by atoms with Crippen molar-refractivity contribution < 1.29 is 9.18 Å². The third kappa shape index (κ3) is 3.80. The highest BCUT2D eigenvalue weighted by atomic mass is 35.5. The van der Waals surface area contributed by atoms with Crippen molar-refractivity contribution in [3.63, 3.8) is 0 Å². The van der Waals surface area contributed by atoms with E-state index in [1.807, 2.05) is 25.1 Å². The molecule has 4 heteroatoms. The molecule has 1 amide bonds. The summed E-state index contributed by atoms with van der Waals surface area (Å²) in [5.41, 5.74) is 2.09. The number of carbonyl (C=O) groups is 1. The fourth-order valence-corrected chi connectivity index (χ4v) is 1.92. The number of hydrogen-bond acceptors (Lipinski definition) is 1. The molecule has 2 rings (SSSR count). The minimum absolute atomic E-state index is 0.0169. The van der Waals surface area contributed by atoms with Crippen molar-refractivity contribution in [2.24, 2.45) is 0 Å². The number of aryl methyl sites for hydroxylation is 1. The second-order valence-corrected chi connectivity index (χ2v) is 4.77. The van der Waals surface area contributed by atoms with Gasteiger partial charge in [0.2, 0.25) is 5.91 Å². The molecule has 0 heterocycles. The van der Waals surface area contributed by atoms with Crippen LogP contribution >= 0.6 is 11.6 Å². The van der Waals surface area contributed by atoms with E-state index in [4.69, 9.17) is 11.6 Å². The molecular weight excluding hydrogens is 265 g/mol. The molecule has 2 nitrogen and oxygen atoms in total. The zero-order valence-electron chi connectivity index (χ0n) is 10.4. The van der Waals surface area contributed by atoms with Crippen LogP contribution in [-0.2, 0) is 11.2 Å². The Kier molecular flexibility index (Phi) is 4.17. The average molecular weight is 278 g/mol. The molecule has 0 atom stereocenters. The maximum atomic E-state index is 13.5. The van der Waals surface area contributed by atoms with Crippen molar-refractivity contribution in [3.8, 4) is 0 Å². The maximum Gasteiger partial charge on any atom is 0.228 e. The molecule has 0 unspecified atom stereocenters. The molecule has 0 aliphatic carbocycles. The Bertz CT molecular complexity index is 613. The zero-order chi connectivity index (χ0) is 13.8. The third-order valence-corrected chi connectivity index (χ3v) is 2.90. The van der Waals surface area contributed by atoms with Gasteiger partial charge in [-0.25, -0.2) is 4.39 Å². The Morgan fingerprint density at radius 3 is 2.74 bits per heavy atom. The van der Waals surface area contributed by atoms with Crippen LogP contribution in [0.1, 0.15) is 11.1 Å². The standard InChI is InChI=1S/C15H13ClFNO/c1-10-3-2-4-13(7-10)18-15(19)8-11-5-6-12(16)9-14(11)17/h2-7,9H,8H2,1H3,(H,18,19). The van der Waals surface area contributed by atoms with E-state index in [0.29, 0.717) is 16.3 Å². The summed E-state index contributed by atoms with van der Waals surface area (Å²) in [7, 11) is 0. The molecule has 0 saturated heterocycles. The first-order valence-electron chi connectivity index (χ1n) is 5.85. The van der Waals surface area contributed by atoms with E-state index in [0.717, 1.165) is 5.56 Å². The lowest BCUT2D eigenvalue weighted by Gasteiger charge is -2.07. The van der Waals surface area contributed by atoms with E-state index < -0.39 is 5.82 Å². The van der Waals surface area contributed by atoms with Gasteiger partial charge in [-0.15, -0.1) is 0 Å². The van der Waals surface area contributed by atoms with Gasteiger partial charge in [-0.05, 0) is 42.3 Å². The van der Waals surface area contributed by atoms with E-state index in [-0.39, 0.29) is 12.3 Å². The average Bonchev–Trinajstić information content (AvgIpc) is 2.33. The molecule has 19 heavy (non-hydrogen) atoms. The summed E-state index contributed by atoms with van der Waals surface area (Å²) in [6.45, 7) is 1.94. The molecule has 2 aromatic rings. The van der Waals surface area contributed by atoms with E-state index >= 15 is 0 Å². The van der Waals surface area contributed by atoms with Crippen molar-refractivity contribution in [1.82, 2.24) is 0 Å². The van der Waals surface area contributed by atoms with Gasteiger partial charge in [0.1, 0.15) is 5.82 Å². The molecule has 0 aromatic heterocycles. The molecule has 0 spiro atoms. The van der Waals surface area contributed by atoms with Gasteiger partial charge in [0, 0.05) is 10.7 Å². The second kappa shape index (κ2) is 5.85. The summed E-state index contributed by atoms with van der Waals surface area (Å²) in [5.74, 6) is -0.723. The van der Waals surface area contributed by atoms with Gasteiger partial charge in [0.25, 0.3) is 0 Å². The molecule has 1 N–H and O–H groups in total. The van der Waals surface area contributed by atoms with Gasteiger partial charge < -0.3 is 5.32 Å². The minimum atomic E-state index is -0.466. The first kappa shape index (κ1) is 13.6. The fraction of sp³-hybridized carbons (Fsp3) is 0.133. The lowest BCUT2D eigenvalue weighted by Crippen LogP contribution is -2.15. The fourth-order valence-electron chi connectivity index (χ4n) is 1.77. The van der Waals surface area contributed by atoms with E-state index in [9.17, 15) is 9.18 Å². The first-order valence-corrected chi connectivity index (χ1v) is 6.23. The molecule has 0 aliphatic rings. The number of nitrogens with one attached hydrogen (secondary N) is 1. The van der Waals surface area contributed by atoms with Crippen LogP contribution in [-0.4, -0.2) is 5.91 Å². The highest BCUT2D eigenvalue weighted by molar-refractivity contribution is 6.30. The van der Waals surface area contributed by atoms with E-state index in [1.165, 1.54) is 12.1 Å². The van der Waals surface area contributed by atoms with Crippen LogP contribution in [0.2, 0.25) is 5.02 Å². The molecule has 98 valence electrons. The summed E-state index contributed by atoms with van der Waals surface area (Å²) in [5, 5.41) is 3.05. The summed E-state index contributed by atoms with van der Waals surface area (Å²) < 4.78 is 13.5. The molecule has 0 bridgehead atoms. The lowest BCUT2D eigenvalue weighted by molar-refractivity contribution is -0.115. The van der Waals surface area contributed by atoms with Gasteiger partial charge in [-0.3, -0.25) is 4.79 Å². The lowest BCUT2D eigenvalue weighted by atomic mass is 10.1. The quantitative estimate of drug-likeness (QED) is 0.904. The molecular formula is C15H13ClFNO. The van der Waals surface area contributed by atoms with Crippen molar-refractivity contribution in [1.29, 1.82) is 0 Å². The Morgan fingerprint density at radius 2 is 2.05 bits per heavy atom. The van der Waals surface area contributed by atoms with Crippen LogP contribution in [0.5, 0.6) is 0 Å². The van der Waals surface area contributed by atoms with Crippen molar-refractivity contribution in [2.45, 2.75) is 13.3 Å². The van der Waals surface area contributed by atoms with E-state index in [2.05, 4.69) is 5.32 Å². The van der Waals surface area contributed by atoms with Gasteiger partial charge in [0.15, 0.2) is 0 Å².